The van der Waals surface area contributed by atoms with Crippen molar-refractivity contribution in [2.45, 2.75) is 12.5 Å². The van der Waals surface area contributed by atoms with E-state index in [9.17, 15) is 0 Å². The van der Waals surface area contributed by atoms with Crippen LogP contribution in [0.25, 0.3) is 0 Å². The summed E-state index contributed by atoms with van der Waals surface area (Å²) in [6.45, 7) is 0.776. The molecular formula is C12H14ClNO. The van der Waals surface area contributed by atoms with E-state index in [0.717, 1.165) is 29.4 Å². The van der Waals surface area contributed by atoms with Gasteiger partial charge in [0.2, 0.25) is 0 Å². The Morgan fingerprint density at radius 1 is 1.40 bits per heavy atom. The van der Waals surface area contributed by atoms with Gasteiger partial charge in [-0.3, -0.25) is 0 Å². The van der Waals surface area contributed by atoms with Crippen molar-refractivity contribution >= 4 is 11.6 Å². The molecule has 80 valence electrons. The van der Waals surface area contributed by atoms with Crippen molar-refractivity contribution in [3.05, 3.63) is 46.7 Å². The van der Waals surface area contributed by atoms with E-state index in [4.69, 9.17) is 16.3 Å². The van der Waals surface area contributed by atoms with Gasteiger partial charge >= 0.3 is 0 Å². The molecule has 15 heavy (non-hydrogen) atoms. The molecule has 0 spiro atoms. The number of rotatable bonds is 3. The molecule has 1 aromatic rings. The zero-order valence-corrected chi connectivity index (χ0v) is 9.42. The Labute approximate surface area is 94.9 Å². The van der Waals surface area contributed by atoms with Crippen LogP contribution in [0.5, 0.6) is 0 Å². The highest BCUT2D eigenvalue weighted by molar-refractivity contribution is 6.31. The standard InChI is InChI=1S/C12H14ClNO/c1-14-12(11-7-4-8-15-11)9-5-2-3-6-10(9)13/h2-3,5-7,12,14H,4,8H2,1H3. The molecule has 0 aromatic heterocycles. The molecule has 1 unspecified atom stereocenters. The van der Waals surface area contributed by atoms with Crippen LogP contribution in [-0.4, -0.2) is 13.7 Å². The molecule has 0 radical (unpaired) electrons. The van der Waals surface area contributed by atoms with Crippen molar-refractivity contribution in [3.63, 3.8) is 0 Å². The Kier molecular flexibility index (Phi) is 3.29. The molecule has 1 aliphatic rings. The minimum absolute atomic E-state index is 0.0706. The summed E-state index contributed by atoms with van der Waals surface area (Å²) in [5.74, 6) is 0.977. The predicted molar refractivity (Wildman–Crippen MR) is 61.9 cm³/mol. The van der Waals surface area contributed by atoms with Gasteiger partial charge in [0.15, 0.2) is 0 Å². The van der Waals surface area contributed by atoms with Gasteiger partial charge in [-0.25, -0.2) is 0 Å². The average molecular weight is 224 g/mol. The molecule has 1 N–H and O–H groups in total. The summed E-state index contributed by atoms with van der Waals surface area (Å²) in [7, 11) is 1.91. The van der Waals surface area contributed by atoms with Crippen LogP contribution in [0.2, 0.25) is 5.02 Å². The lowest BCUT2D eigenvalue weighted by molar-refractivity contribution is 0.218. The Morgan fingerprint density at radius 2 is 2.20 bits per heavy atom. The van der Waals surface area contributed by atoms with E-state index in [0.29, 0.717) is 0 Å². The van der Waals surface area contributed by atoms with Gasteiger partial charge in [-0.05, 0) is 24.8 Å². The minimum atomic E-state index is 0.0706. The van der Waals surface area contributed by atoms with E-state index in [1.165, 1.54) is 0 Å². The summed E-state index contributed by atoms with van der Waals surface area (Å²) in [6, 6.07) is 7.91. The molecular weight excluding hydrogens is 210 g/mol. The summed E-state index contributed by atoms with van der Waals surface area (Å²) >= 11 is 6.15. The van der Waals surface area contributed by atoms with Gasteiger partial charge in [0.05, 0.1) is 12.6 Å². The molecule has 0 amide bonds. The molecule has 1 heterocycles. The van der Waals surface area contributed by atoms with E-state index in [1.54, 1.807) is 0 Å². The maximum absolute atomic E-state index is 6.15. The molecule has 0 bridgehead atoms. The summed E-state index contributed by atoms with van der Waals surface area (Å²) < 4.78 is 5.56. The molecule has 3 heteroatoms. The van der Waals surface area contributed by atoms with Gasteiger partial charge in [-0.1, -0.05) is 29.8 Å². The first-order chi connectivity index (χ1) is 7.33. The Hall–Kier alpha value is -0.990. The SMILES string of the molecule is CNC(C1=CCCO1)c1ccccc1Cl. The monoisotopic (exact) mass is 223 g/mol. The number of hydrogen-bond donors (Lipinski definition) is 1. The van der Waals surface area contributed by atoms with Gasteiger partial charge in [0.1, 0.15) is 5.76 Å². The quantitative estimate of drug-likeness (QED) is 0.851. The highest BCUT2D eigenvalue weighted by Crippen LogP contribution is 2.30. The molecule has 0 fully saturated rings. The maximum Gasteiger partial charge on any atom is 0.114 e. The van der Waals surface area contributed by atoms with Crippen LogP contribution in [0.3, 0.4) is 0 Å². The topological polar surface area (TPSA) is 21.3 Å². The van der Waals surface area contributed by atoms with Gasteiger partial charge in [0, 0.05) is 11.4 Å². The van der Waals surface area contributed by atoms with Gasteiger partial charge in [-0.2, -0.15) is 0 Å². The van der Waals surface area contributed by atoms with Crippen LogP contribution in [0.4, 0.5) is 0 Å². The summed E-state index contributed by atoms with van der Waals surface area (Å²) in [4.78, 5) is 0. The predicted octanol–water partition coefficient (Wildman–Crippen LogP) is 2.90. The second kappa shape index (κ2) is 4.69. The van der Waals surface area contributed by atoms with Crippen LogP contribution < -0.4 is 5.32 Å². The summed E-state index contributed by atoms with van der Waals surface area (Å²) in [6.07, 6.45) is 3.10. The van der Waals surface area contributed by atoms with Crippen molar-refractivity contribution in [3.8, 4) is 0 Å². The smallest absolute Gasteiger partial charge is 0.114 e. The Balaban J connectivity index is 2.30. The molecule has 0 saturated heterocycles. The molecule has 0 aliphatic carbocycles. The van der Waals surface area contributed by atoms with Gasteiger partial charge in [0.25, 0.3) is 0 Å². The first-order valence-electron chi connectivity index (χ1n) is 5.07. The Morgan fingerprint density at radius 3 is 2.80 bits per heavy atom. The first-order valence-corrected chi connectivity index (χ1v) is 5.45. The number of ether oxygens (including phenoxy) is 1. The number of nitrogens with one attached hydrogen (secondary N) is 1. The second-order valence-corrected chi connectivity index (χ2v) is 3.89. The van der Waals surface area contributed by atoms with E-state index >= 15 is 0 Å². The zero-order valence-electron chi connectivity index (χ0n) is 8.66. The van der Waals surface area contributed by atoms with Crippen LogP contribution in [0.15, 0.2) is 36.1 Å². The van der Waals surface area contributed by atoms with Gasteiger partial charge < -0.3 is 10.1 Å². The van der Waals surface area contributed by atoms with Crippen molar-refractivity contribution in [1.82, 2.24) is 5.32 Å². The van der Waals surface area contributed by atoms with Crippen LogP contribution in [-0.2, 0) is 4.74 Å². The lowest BCUT2D eigenvalue weighted by Gasteiger charge is -2.18. The molecule has 1 aromatic carbocycles. The fraction of sp³-hybridized carbons (Fsp3) is 0.333. The molecule has 1 aliphatic heterocycles. The molecule has 2 rings (SSSR count). The van der Waals surface area contributed by atoms with E-state index < -0.39 is 0 Å². The van der Waals surface area contributed by atoms with Gasteiger partial charge in [-0.15, -0.1) is 0 Å². The Bertz CT molecular complexity index is 376. The van der Waals surface area contributed by atoms with E-state index in [2.05, 4.69) is 11.4 Å². The largest absolute Gasteiger partial charge is 0.496 e. The van der Waals surface area contributed by atoms with Crippen LogP contribution in [0.1, 0.15) is 18.0 Å². The van der Waals surface area contributed by atoms with Crippen molar-refractivity contribution < 1.29 is 4.74 Å². The minimum Gasteiger partial charge on any atom is -0.496 e. The lowest BCUT2D eigenvalue weighted by Crippen LogP contribution is -2.19. The third-order valence-electron chi connectivity index (χ3n) is 2.52. The fourth-order valence-electron chi connectivity index (χ4n) is 1.80. The number of likely N-dealkylation sites (N-methyl/N-ethyl adjacent to an activating group) is 1. The average Bonchev–Trinajstić information content (AvgIpc) is 2.75. The summed E-state index contributed by atoms with van der Waals surface area (Å²) in [5.41, 5.74) is 1.06. The lowest BCUT2D eigenvalue weighted by atomic mass is 10.1. The fourth-order valence-corrected chi connectivity index (χ4v) is 2.04. The van der Waals surface area contributed by atoms with Crippen LogP contribution in [0, 0.1) is 0 Å². The van der Waals surface area contributed by atoms with Crippen molar-refractivity contribution in [2.24, 2.45) is 0 Å². The third-order valence-corrected chi connectivity index (χ3v) is 2.87. The zero-order chi connectivity index (χ0) is 10.7. The highest BCUT2D eigenvalue weighted by atomic mass is 35.5. The summed E-state index contributed by atoms with van der Waals surface area (Å²) in [5, 5.41) is 3.99. The van der Waals surface area contributed by atoms with Crippen LogP contribution >= 0.6 is 11.6 Å². The maximum atomic E-state index is 6.15. The molecule has 2 nitrogen and oxygen atoms in total. The number of halogens is 1. The number of benzene rings is 1. The second-order valence-electron chi connectivity index (χ2n) is 3.49. The van der Waals surface area contributed by atoms with Crippen molar-refractivity contribution in [1.29, 1.82) is 0 Å². The highest BCUT2D eigenvalue weighted by Gasteiger charge is 2.20. The van der Waals surface area contributed by atoms with Crippen molar-refractivity contribution in [2.75, 3.05) is 13.7 Å². The molecule has 0 saturated carbocycles. The molecule has 1 atom stereocenters. The van der Waals surface area contributed by atoms with E-state index in [-0.39, 0.29) is 6.04 Å². The normalized spacial score (nSPS) is 17.1. The third kappa shape index (κ3) is 2.16. The first kappa shape index (κ1) is 10.5. The number of hydrogen-bond acceptors (Lipinski definition) is 2. The van der Waals surface area contributed by atoms with E-state index in [1.807, 2.05) is 31.3 Å².